The van der Waals surface area contributed by atoms with E-state index in [1.165, 1.54) is 0 Å². The molecule has 1 saturated carbocycles. The van der Waals surface area contributed by atoms with Crippen molar-refractivity contribution in [3.8, 4) is 0 Å². The molecule has 10 heteroatoms. The molecule has 1 aromatic heterocycles. The van der Waals surface area contributed by atoms with E-state index in [0.717, 1.165) is 0 Å². The van der Waals surface area contributed by atoms with Crippen molar-refractivity contribution in [1.29, 1.82) is 0 Å². The van der Waals surface area contributed by atoms with Gasteiger partial charge in [0.25, 0.3) is 6.43 Å². The molecule has 1 aliphatic carbocycles. The number of piperidine rings is 1. The molecule has 1 aromatic rings. The van der Waals surface area contributed by atoms with Crippen molar-refractivity contribution in [2.75, 3.05) is 29.4 Å². The number of alkyl halides is 2. The summed E-state index contributed by atoms with van der Waals surface area (Å²) in [6.45, 7) is 4.81. The number of hydrogen-bond donors (Lipinski definition) is 2. The third kappa shape index (κ3) is 3.00. The van der Waals surface area contributed by atoms with Gasteiger partial charge in [0.15, 0.2) is 5.82 Å². The molecule has 4 rings (SSSR count). The number of nitrogens with zero attached hydrogens (tertiary/aromatic N) is 4. The Morgan fingerprint density at radius 3 is 2.48 bits per heavy atom. The lowest BCUT2D eigenvalue weighted by Gasteiger charge is -2.51. The number of halogens is 3. The molecule has 3 aliphatic rings. The van der Waals surface area contributed by atoms with Crippen LogP contribution in [0.4, 0.5) is 20.5 Å². The number of anilines is 2. The molecule has 0 radical (unpaired) electrons. The maximum Gasteiger partial charge on any atom is 0.303 e. The number of carboxylic acid groups (broad SMARTS) is 1. The fourth-order valence-electron chi connectivity index (χ4n) is 4.33. The van der Waals surface area contributed by atoms with Crippen LogP contribution in [0, 0.1) is 17.8 Å². The Balaban J connectivity index is 1.59. The molecule has 27 heavy (non-hydrogen) atoms. The Labute approximate surface area is 160 Å². The fourth-order valence-corrected chi connectivity index (χ4v) is 4.62. The van der Waals surface area contributed by atoms with Gasteiger partial charge in [0, 0.05) is 19.5 Å². The normalized spacial score (nSPS) is 34.6. The minimum atomic E-state index is -2.84. The zero-order valence-corrected chi connectivity index (χ0v) is 15.7. The average Bonchev–Trinajstić information content (AvgIpc) is 3.02. The molecule has 2 saturated heterocycles. The van der Waals surface area contributed by atoms with Crippen LogP contribution in [0.1, 0.15) is 32.4 Å². The smallest absolute Gasteiger partial charge is 0.303 e. The van der Waals surface area contributed by atoms with E-state index < -0.39 is 23.7 Å². The Bertz CT molecular complexity index is 782. The topological polar surface area (TPSA) is 89.8 Å². The van der Waals surface area contributed by atoms with E-state index in [9.17, 15) is 18.7 Å². The Kier molecular flexibility index (Phi) is 4.23. The molecule has 0 spiro atoms. The maximum atomic E-state index is 13.5. The van der Waals surface area contributed by atoms with Gasteiger partial charge in [-0.3, -0.25) is 4.79 Å². The molecule has 0 amide bonds. The van der Waals surface area contributed by atoms with Crippen molar-refractivity contribution >= 4 is 29.3 Å². The molecule has 2 aliphatic heterocycles. The van der Waals surface area contributed by atoms with E-state index in [1.54, 1.807) is 18.7 Å². The van der Waals surface area contributed by atoms with Gasteiger partial charge in [-0.15, -0.1) is 0 Å². The lowest BCUT2D eigenvalue weighted by Crippen LogP contribution is -2.67. The second kappa shape index (κ2) is 6.13. The zero-order valence-electron chi connectivity index (χ0n) is 14.9. The van der Waals surface area contributed by atoms with E-state index in [4.69, 9.17) is 16.7 Å². The minimum Gasteiger partial charge on any atom is -0.481 e. The molecule has 7 nitrogen and oxygen atoms in total. The van der Waals surface area contributed by atoms with Gasteiger partial charge in [-0.05, 0) is 31.6 Å². The molecule has 3 fully saturated rings. The van der Waals surface area contributed by atoms with E-state index in [0.29, 0.717) is 13.1 Å². The van der Waals surface area contributed by atoms with Crippen molar-refractivity contribution in [3.05, 3.63) is 10.7 Å². The summed E-state index contributed by atoms with van der Waals surface area (Å²) >= 11 is 6.19. The van der Waals surface area contributed by atoms with Gasteiger partial charge in [-0.25, -0.2) is 13.8 Å². The van der Waals surface area contributed by atoms with Crippen LogP contribution in [0.15, 0.2) is 0 Å². The number of aliphatic carboxylic acids is 1. The number of rotatable bonds is 5. The number of hydrogen-bond acceptors (Lipinski definition) is 6. The van der Waals surface area contributed by atoms with Crippen LogP contribution in [-0.2, 0) is 4.79 Å². The lowest BCUT2D eigenvalue weighted by molar-refractivity contribution is -0.137. The lowest BCUT2D eigenvalue weighted by atomic mass is 9.87. The molecule has 2 unspecified atom stereocenters. The number of aromatic nitrogens is 2. The second-order valence-corrected chi connectivity index (χ2v) is 8.38. The quantitative estimate of drug-likeness (QED) is 0.780. The highest BCUT2D eigenvalue weighted by Gasteiger charge is 2.56. The number of carbonyl (C=O) groups is 1. The van der Waals surface area contributed by atoms with E-state index in [-0.39, 0.29) is 53.5 Å². The third-order valence-corrected chi connectivity index (χ3v) is 6.61. The summed E-state index contributed by atoms with van der Waals surface area (Å²) in [6, 6.07) is -0.302. The summed E-state index contributed by atoms with van der Waals surface area (Å²) < 4.78 is 26.9. The van der Waals surface area contributed by atoms with Gasteiger partial charge in [0.1, 0.15) is 10.7 Å². The average molecular weight is 403 g/mol. The maximum absolute atomic E-state index is 13.5. The summed E-state index contributed by atoms with van der Waals surface area (Å²) in [5, 5.41) is 18.9. The van der Waals surface area contributed by atoms with Crippen LogP contribution in [0.2, 0.25) is 5.02 Å². The van der Waals surface area contributed by atoms with Gasteiger partial charge in [0.05, 0.1) is 18.2 Å². The first-order valence-electron chi connectivity index (χ1n) is 8.91. The van der Waals surface area contributed by atoms with Crippen LogP contribution in [0.3, 0.4) is 0 Å². The highest BCUT2D eigenvalue weighted by molar-refractivity contribution is 6.33. The van der Waals surface area contributed by atoms with Crippen molar-refractivity contribution in [2.24, 2.45) is 17.8 Å². The first-order chi connectivity index (χ1) is 12.6. The predicted molar refractivity (Wildman–Crippen MR) is 94.4 cm³/mol. The summed E-state index contributed by atoms with van der Waals surface area (Å²) in [6.07, 6.45) is -2.71. The second-order valence-electron chi connectivity index (χ2n) is 8.00. The van der Waals surface area contributed by atoms with Crippen molar-refractivity contribution in [3.63, 3.8) is 0 Å². The van der Waals surface area contributed by atoms with Crippen LogP contribution in [0.25, 0.3) is 0 Å². The van der Waals surface area contributed by atoms with Gasteiger partial charge < -0.3 is 20.0 Å². The first-order valence-corrected chi connectivity index (χ1v) is 9.29. The number of aliphatic hydroxyl groups is 1. The van der Waals surface area contributed by atoms with E-state index in [1.807, 2.05) is 4.90 Å². The van der Waals surface area contributed by atoms with Gasteiger partial charge in [0.2, 0.25) is 5.95 Å². The van der Waals surface area contributed by atoms with Crippen LogP contribution >= 0.6 is 11.6 Å². The minimum absolute atomic E-state index is 0.131. The highest BCUT2D eigenvalue weighted by Crippen LogP contribution is 2.55. The molecule has 2 N–H and O–H groups in total. The Morgan fingerprint density at radius 2 is 2.00 bits per heavy atom. The van der Waals surface area contributed by atoms with Crippen LogP contribution in [0.5, 0.6) is 0 Å². The highest BCUT2D eigenvalue weighted by atomic mass is 35.5. The SMILES string of the molecule is C[C@@H]1N(c2nc(C(F)F)c(Cl)c(N3CC4C(CC(=O)O)C4C3)n2)C[C@@]1(C)O. The molecular formula is C17H21ClF2N4O3. The summed E-state index contributed by atoms with van der Waals surface area (Å²) in [7, 11) is 0. The van der Waals surface area contributed by atoms with Gasteiger partial charge in [-0.2, -0.15) is 4.98 Å². The Hall–Kier alpha value is -1.74. The summed E-state index contributed by atoms with van der Waals surface area (Å²) in [4.78, 5) is 22.8. The Morgan fingerprint density at radius 1 is 1.37 bits per heavy atom. The van der Waals surface area contributed by atoms with Crippen LogP contribution < -0.4 is 9.80 Å². The number of β-amino-alcohol motifs (C(OH)–C–C–N with tert-alkyl or cyclic N) is 1. The van der Waals surface area contributed by atoms with Crippen molar-refractivity contribution in [2.45, 2.75) is 38.3 Å². The summed E-state index contributed by atoms with van der Waals surface area (Å²) in [5.74, 6) is 0.174. The number of carboxylic acids is 1. The van der Waals surface area contributed by atoms with Gasteiger partial charge >= 0.3 is 5.97 Å². The molecule has 3 heterocycles. The summed E-state index contributed by atoms with van der Waals surface area (Å²) in [5.41, 5.74) is -1.44. The van der Waals surface area contributed by atoms with E-state index in [2.05, 4.69) is 9.97 Å². The molecule has 148 valence electrons. The standard InChI is InChI=1S/C17H21ClF2N4O3/c1-7-17(2,27)6-24(7)16-21-13(14(19)20)12(18)15(22-16)23-4-9-8(3-11(25)26)10(9)5-23/h7-10,14,27H,3-6H2,1-2H3,(H,25,26)/t7-,8?,9?,10?,17+/m0/s1. The fraction of sp³-hybridized carbons (Fsp3) is 0.706. The third-order valence-electron chi connectivity index (χ3n) is 6.25. The molecule has 0 bridgehead atoms. The zero-order chi connectivity index (χ0) is 19.7. The monoisotopic (exact) mass is 402 g/mol. The largest absolute Gasteiger partial charge is 0.481 e. The van der Waals surface area contributed by atoms with E-state index >= 15 is 0 Å². The van der Waals surface area contributed by atoms with Crippen LogP contribution in [-0.4, -0.2) is 57.4 Å². The molecular weight excluding hydrogens is 382 g/mol. The van der Waals surface area contributed by atoms with Gasteiger partial charge in [-0.1, -0.05) is 11.6 Å². The number of fused-ring (bicyclic) bond motifs is 1. The molecule has 0 aromatic carbocycles. The first kappa shape index (κ1) is 18.6. The van der Waals surface area contributed by atoms with Crippen molar-refractivity contribution in [1.82, 2.24) is 9.97 Å². The molecule has 4 atom stereocenters. The predicted octanol–water partition coefficient (Wildman–Crippen LogP) is 2.18. The van der Waals surface area contributed by atoms with Crippen molar-refractivity contribution < 1.29 is 23.8 Å².